The maximum atomic E-state index is 11.3. The first-order valence-corrected chi connectivity index (χ1v) is 6.91. The van der Waals surface area contributed by atoms with Crippen LogP contribution < -0.4 is 15.4 Å². The van der Waals surface area contributed by atoms with Crippen LogP contribution in [0.5, 0.6) is 5.75 Å². The number of carbonyl (C=O) groups excluding carboxylic acids is 1. The van der Waals surface area contributed by atoms with Gasteiger partial charge in [-0.25, -0.2) is 4.79 Å². The number of urea groups is 1. The molecule has 0 aliphatic carbocycles. The number of halogens is 1. The van der Waals surface area contributed by atoms with E-state index >= 15 is 0 Å². The summed E-state index contributed by atoms with van der Waals surface area (Å²) in [7, 11) is 0. The predicted molar refractivity (Wildman–Crippen MR) is 75.9 cm³/mol. The second-order valence-corrected chi connectivity index (χ2v) is 4.75. The van der Waals surface area contributed by atoms with E-state index in [1.807, 2.05) is 24.3 Å². The standard InChI is InChI=1S/C13H19BrN2O2/c1-2-3-8-15-13(17)16-9-10-18-12-6-4-11(14)5-7-12/h4-7H,2-3,8-10H2,1H3,(H2,15,16,17). The van der Waals surface area contributed by atoms with Gasteiger partial charge in [0.1, 0.15) is 12.4 Å². The minimum Gasteiger partial charge on any atom is -0.492 e. The van der Waals surface area contributed by atoms with Crippen molar-refractivity contribution in [3.63, 3.8) is 0 Å². The summed E-state index contributed by atoms with van der Waals surface area (Å²) in [6, 6.07) is 7.46. The first-order valence-electron chi connectivity index (χ1n) is 6.12. The van der Waals surface area contributed by atoms with Crippen molar-refractivity contribution >= 4 is 22.0 Å². The summed E-state index contributed by atoms with van der Waals surface area (Å²) in [5.41, 5.74) is 0. The molecule has 1 aromatic carbocycles. The van der Waals surface area contributed by atoms with Gasteiger partial charge in [0.25, 0.3) is 0 Å². The highest BCUT2D eigenvalue weighted by Gasteiger charge is 1.98. The molecule has 100 valence electrons. The topological polar surface area (TPSA) is 50.4 Å². The van der Waals surface area contributed by atoms with E-state index in [4.69, 9.17) is 4.74 Å². The third kappa shape index (κ3) is 6.49. The van der Waals surface area contributed by atoms with Crippen molar-refractivity contribution in [2.24, 2.45) is 0 Å². The van der Waals surface area contributed by atoms with E-state index < -0.39 is 0 Å². The van der Waals surface area contributed by atoms with Crippen molar-refractivity contribution in [3.05, 3.63) is 28.7 Å². The molecule has 0 aliphatic heterocycles. The molecule has 0 spiro atoms. The van der Waals surface area contributed by atoms with E-state index in [1.165, 1.54) is 0 Å². The molecule has 0 aliphatic rings. The molecule has 0 aromatic heterocycles. The van der Waals surface area contributed by atoms with Crippen LogP contribution in [0.1, 0.15) is 19.8 Å². The molecule has 4 nitrogen and oxygen atoms in total. The molecule has 0 unspecified atom stereocenters. The highest BCUT2D eigenvalue weighted by molar-refractivity contribution is 9.10. The quantitative estimate of drug-likeness (QED) is 0.760. The first-order chi connectivity index (χ1) is 8.72. The molecule has 0 atom stereocenters. The van der Waals surface area contributed by atoms with Crippen LogP contribution in [0.15, 0.2) is 28.7 Å². The summed E-state index contributed by atoms with van der Waals surface area (Å²) >= 11 is 3.36. The molecular formula is C13H19BrN2O2. The maximum absolute atomic E-state index is 11.3. The SMILES string of the molecule is CCCCNC(=O)NCCOc1ccc(Br)cc1. The van der Waals surface area contributed by atoms with Gasteiger partial charge in [-0.3, -0.25) is 0 Å². The highest BCUT2D eigenvalue weighted by Crippen LogP contribution is 2.15. The summed E-state index contributed by atoms with van der Waals surface area (Å²) in [5.74, 6) is 0.798. The number of amides is 2. The molecule has 0 saturated heterocycles. The van der Waals surface area contributed by atoms with Gasteiger partial charge in [-0.1, -0.05) is 29.3 Å². The molecule has 2 amide bonds. The summed E-state index contributed by atoms with van der Waals surface area (Å²) in [6.07, 6.45) is 2.08. The molecule has 2 N–H and O–H groups in total. The lowest BCUT2D eigenvalue weighted by molar-refractivity contribution is 0.236. The van der Waals surface area contributed by atoms with E-state index in [0.717, 1.165) is 29.6 Å². The number of ether oxygens (including phenoxy) is 1. The number of hydrogen-bond acceptors (Lipinski definition) is 2. The van der Waals surface area contributed by atoms with Crippen LogP contribution in [0.25, 0.3) is 0 Å². The average Bonchev–Trinajstić information content (AvgIpc) is 2.37. The van der Waals surface area contributed by atoms with Crippen molar-refractivity contribution in [3.8, 4) is 5.75 Å². The van der Waals surface area contributed by atoms with Gasteiger partial charge in [-0.15, -0.1) is 0 Å². The molecule has 0 heterocycles. The summed E-state index contributed by atoms with van der Waals surface area (Å²) < 4.78 is 6.49. The average molecular weight is 315 g/mol. The Kier molecular flexibility index (Phi) is 7.25. The van der Waals surface area contributed by atoms with Gasteiger partial charge in [0, 0.05) is 11.0 Å². The van der Waals surface area contributed by atoms with Crippen LogP contribution in [0, 0.1) is 0 Å². The van der Waals surface area contributed by atoms with Gasteiger partial charge >= 0.3 is 6.03 Å². The lowest BCUT2D eigenvalue weighted by atomic mass is 10.3. The van der Waals surface area contributed by atoms with Crippen LogP contribution in [-0.4, -0.2) is 25.7 Å². The Morgan fingerprint density at radius 3 is 2.56 bits per heavy atom. The Balaban J connectivity index is 2.07. The third-order valence-electron chi connectivity index (χ3n) is 2.29. The largest absolute Gasteiger partial charge is 0.492 e. The van der Waals surface area contributed by atoms with E-state index in [9.17, 15) is 4.79 Å². The number of benzene rings is 1. The molecule has 0 bridgehead atoms. The smallest absolute Gasteiger partial charge is 0.314 e. The van der Waals surface area contributed by atoms with E-state index in [-0.39, 0.29) is 6.03 Å². The Hall–Kier alpha value is -1.23. The van der Waals surface area contributed by atoms with E-state index in [2.05, 4.69) is 33.5 Å². The number of carbonyl (C=O) groups is 1. The van der Waals surface area contributed by atoms with Crippen molar-refractivity contribution in [1.29, 1.82) is 0 Å². The fourth-order valence-corrected chi connectivity index (χ4v) is 1.57. The Morgan fingerprint density at radius 2 is 1.89 bits per heavy atom. The van der Waals surface area contributed by atoms with Crippen molar-refractivity contribution in [1.82, 2.24) is 10.6 Å². The van der Waals surface area contributed by atoms with Crippen molar-refractivity contribution < 1.29 is 9.53 Å². The zero-order chi connectivity index (χ0) is 13.2. The second kappa shape index (κ2) is 8.80. The molecular weight excluding hydrogens is 296 g/mol. The summed E-state index contributed by atoms with van der Waals surface area (Å²) in [5, 5.41) is 5.52. The van der Waals surface area contributed by atoms with Gasteiger partial charge in [-0.05, 0) is 30.7 Å². The van der Waals surface area contributed by atoms with Gasteiger partial charge in [0.2, 0.25) is 0 Å². The molecule has 1 aromatic rings. The minimum absolute atomic E-state index is 0.136. The molecule has 0 saturated carbocycles. The van der Waals surface area contributed by atoms with Gasteiger partial charge in [-0.2, -0.15) is 0 Å². The maximum Gasteiger partial charge on any atom is 0.314 e. The van der Waals surface area contributed by atoms with Crippen molar-refractivity contribution in [2.45, 2.75) is 19.8 Å². The third-order valence-corrected chi connectivity index (χ3v) is 2.81. The number of unbranched alkanes of at least 4 members (excludes halogenated alkanes) is 1. The predicted octanol–water partition coefficient (Wildman–Crippen LogP) is 2.93. The molecule has 0 fully saturated rings. The minimum atomic E-state index is -0.136. The van der Waals surface area contributed by atoms with Crippen LogP contribution in [0.3, 0.4) is 0 Å². The molecule has 0 radical (unpaired) electrons. The van der Waals surface area contributed by atoms with Crippen LogP contribution in [0.2, 0.25) is 0 Å². The fourth-order valence-electron chi connectivity index (χ4n) is 1.31. The molecule has 18 heavy (non-hydrogen) atoms. The Morgan fingerprint density at radius 1 is 1.22 bits per heavy atom. The second-order valence-electron chi connectivity index (χ2n) is 3.84. The Bertz CT molecular complexity index is 355. The van der Waals surface area contributed by atoms with E-state index in [1.54, 1.807) is 0 Å². The molecule has 5 heteroatoms. The van der Waals surface area contributed by atoms with Crippen LogP contribution >= 0.6 is 15.9 Å². The zero-order valence-electron chi connectivity index (χ0n) is 10.5. The van der Waals surface area contributed by atoms with Crippen LogP contribution in [-0.2, 0) is 0 Å². The lowest BCUT2D eigenvalue weighted by Crippen LogP contribution is -2.38. The highest BCUT2D eigenvalue weighted by atomic mass is 79.9. The number of nitrogens with one attached hydrogen (secondary N) is 2. The zero-order valence-corrected chi connectivity index (χ0v) is 12.1. The molecule has 1 rings (SSSR count). The normalized spacial score (nSPS) is 9.89. The number of rotatable bonds is 7. The van der Waals surface area contributed by atoms with Gasteiger partial charge < -0.3 is 15.4 Å². The summed E-state index contributed by atoms with van der Waals surface area (Å²) in [6.45, 7) is 3.76. The van der Waals surface area contributed by atoms with E-state index in [0.29, 0.717) is 13.2 Å². The first kappa shape index (κ1) is 14.8. The monoisotopic (exact) mass is 314 g/mol. The summed E-state index contributed by atoms with van der Waals surface area (Å²) in [4.78, 5) is 11.3. The van der Waals surface area contributed by atoms with Crippen LogP contribution in [0.4, 0.5) is 4.79 Å². The number of hydrogen-bond donors (Lipinski definition) is 2. The van der Waals surface area contributed by atoms with Gasteiger partial charge in [0.15, 0.2) is 0 Å². The fraction of sp³-hybridized carbons (Fsp3) is 0.462. The lowest BCUT2D eigenvalue weighted by Gasteiger charge is -2.08. The van der Waals surface area contributed by atoms with Crippen molar-refractivity contribution in [2.75, 3.05) is 19.7 Å². The van der Waals surface area contributed by atoms with Gasteiger partial charge in [0.05, 0.1) is 6.54 Å². The Labute approximate surface area is 116 Å².